The van der Waals surface area contributed by atoms with Crippen LogP contribution in [0.25, 0.3) is 0 Å². The van der Waals surface area contributed by atoms with Crippen LogP contribution < -0.4 is 15.5 Å². The topological polar surface area (TPSA) is 78.9 Å². The Hall–Kier alpha value is -2.00. The van der Waals surface area contributed by atoms with Gasteiger partial charge >= 0.3 is 0 Å². The van der Waals surface area contributed by atoms with Gasteiger partial charge in [-0.3, -0.25) is 0 Å². The lowest BCUT2D eigenvalue weighted by Crippen LogP contribution is -2.34. The van der Waals surface area contributed by atoms with E-state index in [1.807, 2.05) is 6.07 Å². The Morgan fingerprint density at radius 3 is 2.64 bits per heavy atom. The minimum atomic E-state index is 0.480. The Morgan fingerprint density at radius 1 is 1.24 bits per heavy atom. The van der Waals surface area contributed by atoms with Crippen molar-refractivity contribution in [3.8, 4) is 0 Å². The molecule has 0 aliphatic carbocycles. The van der Waals surface area contributed by atoms with Crippen molar-refractivity contribution in [3.63, 3.8) is 0 Å². The van der Waals surface area contributed by atoms with Crippen molar-refractivity contribution in [2.75, 3.05) is 30.4 Å². The molecule has 25 heavy (non-hydrogen) atoms. The Morgan fingerprint density at radius 2 is 1.96 bits per heavy atom. The van der Waals surface area contributed by atoms with Crippen LogP contribution in [0.5, 0.6) is 0 Å². The predicted molar refractivity (Wildman–Crippen MR) is 104 cm³/mol. The van der Waals surface area contributed by atoms with Crippen molar-refractivity contribution < 1.29 is 0 Å². The number of rotatable bonds is 4. The second-order valence-electron chi connectivity index (χ2n) is 5.90. The fourth-order valence-electron chi connectivity index (χ4n) is 2.52. The first kappa shape index (κ1) is 17.8. The molecule has 1 aliphatic heterocycles. The first-order chi connectivity index (χ1) is 12.1. The Balaban J connectivity index is 1.86. The van der Waals surface area contributed by atoms with Gasteiger partial charge in [0.2, 0.25) is 5.95 Å². The number of hydrogen-bond acceptors (Lipinski definition) is 7. The molecule has 7 nitrogen and oxygen atoms in total. The summed E-state index contributed by atoms with van der Waals surface area (Å²) in [5, 5.41) is 7.83. The van der Waals surface area contributed by atoms with Crippen molar-refractivity contribution in [1.82, 2.24) is 25.3 Å². The van der Waals surface area contributed by atoms with Gasteiger partial charge in [-0.1, -0.05) is 6.92 Å². The SMILES string of the molecule is CNC(=S)Nc1nc(Sc2ncccn2)cc(N2CCC(C)CC2)n1. The maximum absolute atomic E-state index is 5.18. The number of anilines is 2. The summed E-state index contributed by atoms with van der Waals surface area (Å²) in [5.41, 5.74) is 0. The maximum atomic E-state index is 5.18. The van der Waals surface area contributed by atoms with E-state index in [0.29, 0.717) is 16.2 Å². The van der Waals surface area contributed by atoms with Crippen LogP contribution in [0.2, 0.25) is 0 Å². The lowest BCUT2D eigenvalue weighted by Gasteiger charge is -2.31. The number of thiocarbonyl (C=S) groups is 1. The van der Waals surface area contributed by atoms with Gasteiger partial charge in [-0.15, -0.1) is 0 Å². The van der Waals surface area contributed by atoms with E-state index in [1.165, 1.54) is 24.6 Å². The molecule has 132 valence electrons. The van der Waals surface area contributed by atoms with Gasteiger partial charge in [0.1, 0.15) is 10.8 Å². The van der Waals surface area contributed by atoms with Crippen LogP contribution in [-0.2, 0) is 0 Å². The molecule has 9 heteroatoms. The van der Waals surface area contributed by atoms with E-state index in [-0.39, 0.29) is 0 Å². The third-order valence-electron chi connectivity index (χ3n) is 3.99. The number of nitrogens with zero attached hydrogens (tertiary/aromatic N) is 5. The van der Waals surface area contributed by atoms with Crippen LogP contribution in [0.4, 0.5) is 11.8 Å². The lowest BCUT2D eigenvalue weighted by molar-refractivity contribution is 0.436. The highest BCUT2D eigenvalue weighted by Crippen LogP contribution is 2.28. The standard InChI is InChI=1S/C16H21N7S2/c1-11-4-8-23(9-5-11)12-10-13(25-16-18-6-3-7-19-16)21-14(20-12)22-15(24)17-2/h3,6-7,10-11H,4-5,8-9H2,1-2H3,(H2,17,20,21,22,24). The van der Waals surface area contributed by atoms with Crippen LogP contribution in [-0.4, -0.2) is 45.2 Å². The van der Waals surface area contributed by atoms with E-state index < -0.39 is 0 Å². The van der Waals surface area contributed by atoms with Crippen molar-refractivity contribution in [3.05, 3.63) is 24.5 Å². The molecule has 0 bridgehead atoms. The predicted octanol–water partition coefficient (Wildman–Crippen LogP) is 2.57. The second kappa shape index (κ2) is 8.39. The van der Waals surface area contributed by atoms with Crippen LogP contribution in [0, 0.1) is 5.92 Å². The lowest BCUT2D eigenvalue weighted by atomic mass is 9.99. The van der Waals surface area contributed by atoms with E-state index in [0.717, 1.165) is 29.9 Å². The zero-order valence-electron chi connectivity index (χ0n) is 14.3. The molecular formula is C16H21N7S2. The summed E-state index contributed by atoms with van der Waals surface area (Å²) in [6, 6.07) is 3.79. The fourth-order valence-corrected chi connectivity index (χ4v) is 3.32. The van der Waals surface area contributed by atoms with Gasteiger partial charge < -0.3 is 15.5 Å². The summed E-state index contributed by atoms with van der Waals surface area (Å²) in [7, 11) is 1.76. The van der Waals surface area contributed by atoms with E-state index >= 15 is 0 Å². The van der Waals surface area contributed by atoms with Gasteiger partial charge in [-0.05, 0) is 48.8 Å². The molecule has 0 unspecified atom stereocenters. The zero-order valence-corrected chi connectivity index (χ0v) is 15.9. The molecule has 2 aromatic heterocycles. The number of nitrogens with one attached hydrogen (secondary N) is 2. The van der Waals surface area contributed by atoms with E-state index in [9.17, 15) is 0 Å². The number of aromatic nitrogens is 4. The fraction of sp³-hybridized carbons (Fsp3) is 0.438. The van der Waals surface area contributed by atoms with Gasteiger partial charge in [0, 0.05) is 38.6 Å². The van der Waals surface area contributed by atoms with Gasteiger partial charge in [-0.25, -0.2) is 15.0 Å². The van der Waals surface area contributed by atoms with E-state index in [2.05, 4.69) is 42.4 Å². The Labute approximate surface area is 157 Å². The van der Waals surface area contributed by atoms with Gasteiger partial charge in [0.05, 0.1) is 0 Å². The second-order valence-corrected chi connectivity index (χ2v) is 7.29. The first-order valence-electron chi connectivity index (χ1n) is 8.21. The molecule has 0 radical (unpaired) electrons. The third kappa shape index (κ3) is 4.99. The van der Waals surface area contributed by atoms with Crippen molar-refractivity contribution >= 4 is 40.9 Å². The molecule has 0 atom stereocenters. The van der Waals surface area contributed by atoms with Gasteiger partial charge in [0.25, 0.3) is 0 Å². The average Bonchev–Trinajstić information content (AvgIpc) is 2.63. The summed E-state index contributed by atoms with van der Waals surface area (Å²) in [6.45, 7) is 4.30. The van der Waals surface area contributed by atoms with Crippen molar-refractivity contribution in [2.24, 2.45) is 5.92 Å². The smallest absolute Gasteiger partial charge is 0.232 e. The summed E-state index contributed by atoms with van der Waals surface area (Å²) < 4.78 is 0. The molecule has 2 N–H and O–H groups in total. The van der Waals surface area contributed by atoms with Crippen LogP contribution in [0.15, 0.2) is 34.7 Å². The third-order valence-corrected chi connectivity index (χ3v) is 5.10. The number of piperidine rings is 1. The minimum Gasteiger partial charge on any atom is -0.365 e. The number of hydrogen-bond donors (Lipinski definition) is 2. The molecule has 0 spiro atoms. The van der Waals surface area contributed by atoms with Gasteiger partial charge in [-0.2, -0.15) is 4.98 Å². The van der Waals surface area contributed by atoms with Crippen molar-refractivity contribution in [2.45, 2.75) is 29.9 Å². The molecule has 3 heterocycles. The molecule has 0 saturated carbocycles. The molecule has 1 fully saturated rings. The highest BCUT2D eigenvalue weighted by Gasteiger charge is 2.19. The Kier molecular flexibility index (Phi) is 5.98. The summed E-state index contributed by atoms with van der Waals surface area (Å²) in [5.74, 6) is 2.15. The highest BCUT2D eigenvalue weighted by molar-refractivity contribution is 7.99. The molecular weight excluding hydrogens is 354 g/mol. The quantitative estimate of drug-likeness (QED) is 0.476. The van der Waals surface area contributed by atoms with Gasteiger partial charge in [0.15, 0.2) is 10.3 Å². The maximum Gasteiger partial charge on any atom is 0.232 e. The first-order valence-corrected chi connectivity index (χ1v) is 9.44. The normalized spacial score (nSPS) is 15.0. The highest BCUT2D eigenvalue weighted by atomic mass is 32.2. The van der Waals surface area contributed by atoms with Crippen LogP contribution >= 0.6 is 24.0 Å². The Bertz CT molecular complexity index is 718. The van der Waals surface area contributed by atoms with Crippen molar-refractivity contribution in [1.29, 1.82) is 0 Å². The molecule has 0 aromatic carbocycles. The molecule has 3 rings (SSSR count). The molecule has 2 aromatic rings. The monoisotopic (exact) mass is 375 g/mol. The van der Waals surface area contributed by atoms with E-state index in [4.69, 9.17) is 12.2 Å². The molecule has 1 saturated heterocycles. The molecule has 0 amide bonds. The largest absolute Gasteiger partial charge is 0.365 e. The average molecular weight is 376 g/mol. The minimum absolute atomic E-state index is 0.480. The summed E-state index contributed by atoms with van der Waals surface area (Å²) >= 11 is 6.59. The molecule has 1 aliphatic rings. The summed E-state index contributed by atoms with van der Waals surface area (Å²) in [4.78, 5) is 20.0. The van der Waals surface area contributed by atoms with E-state index in [1.54, 1.807) is 25.5 Å². The van der Waals surface area contributed by atoms with Crippen LogP contribution in [0.3, 0.4) is 0 Å². The summed E-state index contributed by atoms with van der Waals surface area (Å²) in [6.07, 6.45) is 5.79. The van der Waals surface area contributed by atoms with Crippen LogP contribution in [0.1, 0.15) is 19.8 Å². The zero-order chi connectivity index (χ0) is 17.6.